The number of carboxylic acid groups (broad SMARTS) is 2. The summed E-state index contributed by atoms with van der Waals surface area (Å²) < 4.78 is 29.2. The normalized spacial score (nSPS) is 14.1. The van der Waals surface area contributed by atoms with Gasteiger partial charge in [0.25, 0.3) is 10.1 Å². The summed E-state index contributed by atoms with van der Waals surface area (Å²) in [6.45, 7) is 1.60. The highest BCUT2D eigenvalue weighted by atomic mass is 32.2. The Morgan fingerprint density at radius 3 is 2.04 bits per heavy atom. The minimum Gasteiger partial charge on any atom is -0.478 e. The first-order valence-electron chi connectivity index (χ1n) is 6.27. The van der Waals surface area contributed by atoms with Crippen LogP contribution >= 0.6 is 0 Å². The Labute approximate surface area is 132 Å². The number of dihydropyridines is 1. The van der Waals surface area contributed by atoms with Crippen LogP contribution in [0.5, 0.6) is 0 Å². The zero-order valence-corrected chi connectivity index (χ0v) is 12.9. The van der Waals surface area contributed by atoms with Gasteiger partial charge in [0, 0.05) is 18.3 Å². The monoisotopic (exact) mass is 341 g/mol. The average Bonchev–Trinajstić information content (AvgIpc) is 2.48. The molecular weight excluding hydrogens is 326 g/mol. The van der Waals surface area contributed by atoms with Gasteiger partial charge in [-0.1, -0.05) is 18.2 Å². The van der Waals surface area contributed by atoms with Crippen LogP contribution in [0.3, 0.4) is 0 Å². The zero-order chi connectivity index (χ0) is 17.6. The van der Waals surface area contributed by atoms with Gasteiger partial charge in [-0.05, 0) is 19.1 Å². The van der Waals surface area contributed by atoms with Gasteiger partial charge in [-0.3, -0.25) is 4.55 Å². The van der Waals surface area contributed by atoms with Gasteiger partial charge in [0.2, 0.25) is 0 Å². The Morgan fingerprint density at radius 2 is 1.65 bits per heavy atom. The number of hydrogen-bond acceptors (Lipinski definition) is 5. The Morgan fingerprint density at radius 1 is 1.09 bits per heavy atom. The van der Waals surface area contributed by atoms with E-state index in [2.05, 4.69) is 5.32 Å². The highest BCUT2D eigenvalue weighted by molar-refractivity contribution is 7.85. The lowest BCUT2D eigenvalue weighted by atomic mass is 10.0. The molecule has 1 heterocycles. The van der Waals surface area contributed by atoms with Crippen molar-refractivity contribution in [1.82, 2.24) is 5.32 Å². The molecule has 9 heteroatoms. The van der Waals surface area contributed by atoms with E-state index >= 15 is 0 Å². The van der Waals surface area contributed by atoms with Crippen LogP contribution in [0.4, 0.5) is 0 Å². The van der Waals surface area contributed by atoms with E-state index in [9.17, 15) is 18.0 Å². The first-order valence-corrected chi connectivity index (χ1v) is 7.71. The molecule has 0 bridgehead atoms. The average molecular weight is 341 g/mol. The molecule has 23 heavy (non-hydrogen) atoms. The molecule has 1 aromatic carbocycles. The van der Waals surface area contributed by atoms with Crippen LogP contribution in [0.25, 0.3) is 0 Å². The van der Waals surface area contributed by atoms with Crippen molar-refractivity contribution in [3.8, 4) is 0 Å². The molecule has 0 radical (unpaired) electrons. The largest absolute Gasteiger partial charge is 0.478 e. The fourth-order valence-electron chi connectivity index (χ4n) is 1.62. The number of carbonyl (C=O) groups is 2. The summed E-state index contributed by atoms with van der Waals surface area (Å²) in [7, 11) is -4.00. The van der Waals surface area contributed by atoms with Gasteiger partial charge in [-0.15, -0.1) is 0 Å². The molecule has 0 fully saturated rings. The predicted octanol–water partition coefficient (Wildman–Crippen LogP) is 1.24. The smallest absolute Gasteiger partial charge is 0.333 e. The number of carboxylic acids is 2. The van der Waals surface area contributed by atoms with E-state index < -0.39 is 22.1 Å². The van der Waals surface area contributed by atoms with Gasteiger partial charge >= 0.3 is 11.9 Å². The maximum absolute atomic E-state index is 10.6. The van der Waals surface area contributed by atoms with E-state index in [1.807, 2.05) is 0 Å². The molecule has 0 aliphatic carbocycles. The summed E-state index contributed by atoms with van der Waals surface area (Å²) in [5.41, 5.74) is 0.639. The fourth-order valence-corrected chi connectivity index (χ4v) is 2.12. The van der Waals surface area contributed by atoms with Gasteiger partial charge in [0.05, 0.1) is 16.0 Å². The third-order valence-corrected chi connectivity index (χ3v) is 3.72. The molecule has 1 aromatic rings. The van der Waals surface area contributed by atoms with Crippen LogP contribution in [-0.2, 0) is 19.7 Å². The summed E-state index contributed by atoms with van der Waals surface area (Å²) in [6, 6.07) is 7.42. The number of rotatable bonds is 3. The van der Waals surface area contributed by atoms with Crippen LogP contribution in [0.15, 0.2) is 58.3 Å². The molecule has 0 atom stereocenters. The second-order valence-electron chi connectivity index (χ2n) is 4.49. The topological polar surface area (TPSA) is 141 Å². The van der Waals surface area contributed by atoms with E-state index in [0.29, 0.717) is 5.70 Å². The maximum Gasteiger partial charge on any atom is 0.333 e. The van der Waals surface area contributed by atoms with Crippen molar-refractivity contribution in [2.75, 3.05) is 0 Å². The molecule has 0 spiro atoms. The van der Waals surface area contributed by atoms with Gasteiger partial charge < -0.3 is 15.5 Å². The standard InChI is InChI=1S/C8H9NO4.C6H6O3S/c1-4-6(8(12)13)2-5(3-9-4)7(10)11;7-10(8,9)6-4-2-1-3-5-6/h3,9H,2H2,1H3,(H,10,11)(H,12,13);1-5H,(H,7,8,9). The minimum absolute atomic E-state index is 0.0382. The second kappa shape index (κ2) is 7.56. The van der Waals surface area contributed by atoms with E-state index in [4.69, 9.17) is 14.8 Å². The number of hydrogen-bond donors (Lipinski definition) is 4. The molecule has 0 saturated carbocycles. The van der Waals surface area contributed by atoms with Crippen LogP contribution in [-0.4, -0.2) is 35.1 Å². The van der Waals surface area contributed by atoms with Crippen LogP contribution in [0.2, 0.25) is 0 Å². The third kappa shape index (κ3) is 5.57. The van der Waals surface area contributed by atoms with Crippen molar-refractivity contribution in [3.63, 3.8) is 0 Å². The number of benzene rings is 1. The van der Waals surface area contributed by atoms with E-state index in [1.54, 1.807) is 25.1 Å². The second-order valence-corrected chi connectivity index (χ2v) is 5.91. The Kier molecular flexibility index (Phi) is 6.05. The van der Waals surface area contributed by atoms with Crippen molar-refractivity contribution in [2.45, 2.75) is 18.2 Å². The lowest BCUT2D eigenvalue weighted by molar-refractivity contribution is -0.133. The molecule has 0 saturated heterocycles. The number of nitrogens with one attached hydrogen (secondary N) is 1. The summed E-state index contributed by atoms with van der Waals surface area (Å²) in [6.07, 6.45) is 1.27. The quantitative estimate of drug-likeness (QED) is 0.602. The SMILES string of the molecule is CC1=C(C(=O)O)CC(C(=O)O)=CN1.O=S(=O)(O)c1ccccc1. The van der Waals surface area contributed by atoms with Gasteiger partial charge in [-0.25, -0.2) is 9.59 Å². The molecule has 0 aromatic heterocycles. The highest BCUT2D eigenvalue weighted by Gasteiger charge is 2.20. The maximum atomic E-state index is 10.6. The fraction of sp³-hybridized carbons (Fsp3) is 0.143. The van der Waals surface area contributed by atoms with Crippen molar-refractivity contribution >= 4 is 22.1 Å². The summed E-state index contributed by atoms with van der Waals surface area (Å²) in [4.78, 5) is 21.0. The molecule has 0 unspecified atom stereocenters. The molecule has 1 aliphatic heterocycles. The minimum atomic E-state index is -4.00. The molecule has 0 amide bonds. The third-order valence-electron chi connectivity index (χ3n) is 2.86. The molecule has 2 rings (SSSR count). The first kappa shape index (κ1) is 18.4. The molecule has 1 aliphatic rings. The molecule has 8 nitrogen and oxygen atoms in total. The lowest BCUT2D eigenvalue weighted by Gasteiger charge is -2.14. The predicted molar refractivity (Wildman–Crippen MR) is 80.1 cm³/mol. The van der Waals surface area contributed by atoms with Crippen molar-refractivity contribution in [3.05, 3.63) is 53.4 Å². The Balaban J connectivity index is 0.000000238. The molecular formula is C14H15NO7S. The summed E-state index contributed by atoms with van der Waals surface area (Å²) in [5.74, 6) is -2.18. The number of aliphatic carboxylic acids is 2. The van der Waals surface area contributed by atoms with Crippen molar-refractivity contribution in [1.29, 1.82) is 0 Å². The Bertz CT molecular complexity index is 764. The molecule has 124 valence electrons. The summed E-state index contributed by atoms with van der Waals surface area (Å²) in [5, 5.41) is 19.9. The number of allylic oxidation sites excluding steroid dienone is 1. The van der Waals surface area contributed by atoms with Crippen molar-refractivity contribution < 1.29 is 32.8 Å². The van der Waals surface area contributed by atoms with Gasteiger partial charge in [-0.2, -0.15) is 8.42 Å². The van der Waals surface area contributed by atoms with E-state index in [1.165, 1.54) is 18.3 Å². The molecule has 4 N–H and O–H groups in total. The first-order chi connectivity index (χ1) is 10.6. The van der Waals surface area contributed by atoms with Gasteiger partial charge in [0.1, 0.15) is 0 Å². The van der Waals surface area contributed by atoms with E-state index in [-0.39, 0.29) is 22.5 Å². The van der Waals surface area contributed by atoms with Gasteiger partial charge in [0.15, 0.2) is 0 Å². The summed E-state index contributed by atoms with van der Waals surface area (Å²) >= 11 is 0. The Hall–Kier alpha value is -2.65. The van der Waals surface area contributed by atoms with Crippen LogP contribution in [0.1, 0.15) is 13.3 Å². The lowest BCUT2D eigenvalue weighted by Crippen LogP contribution is -2.20. The zero-order valence-electron chi connectivity index (χ0n) is 12.1. The van der Waals surface area contributed by atoms with E-state index in [0.717, 1.165) is 0 Å². The van der Waals surface area contributed by atoms with Crippen molar-refractivity contribution in [2.24, 2.45) is 0 Å². The van der Waals surface area contributed by atoms with Crippen LogP contribution in [0, 0.1) is 0 Å². The van der Waals surface area contributed by atoms with Crippen LogP contribution < -0.4 is 5.32 Å². The highest BCUT2D eigenvalue weighted by Crippen LogP contribution is 2.18.